The van der Waals surface area contributed by atoms with Gasteiger partial charge in [-0.2, -0.15) is 0 Å². The number of nitrogens with zero attached hydrogens (tertiary/aromatic N) is 1. The van der Waals surface area contributed by atoms with Gasteiger partial charge >= 0.3 is 0 Å². The van der Waals surface area contributed by atoms with E-state index in [9.17, 15) is 4.79 Å². The Morgan fingerprint density at radius 2 is 1.90 bits per heavy atom. The molecular weight excluding hydrogens is 268 g/mol. The fraction of sp³-hybridized carbons (Fsp3) is 0.250. The summed E-state index contributed by atoms with van der Waals surface area (Å²) in [6, 6.07) is 7.91. The van der Waals surface area contributed by atoms with Gasteiger partial charge < -0.3 is 5.32 Å². The molecule has 0 radical (unpaired) electrons. The number of aryl methyl sites for hydroxylation is 2. The maximum atomic E-state index is 12.0. The van der Waals surface area contributed by atoms with Crippen LogP contribution in [-0.4, -0.2) is 17.7 Å². The lowest BCUT2D eigenvalue weighted by molar-refractivity contribution is -0.116. The van der Waals surface area contributed by atoms with Crippen molar-refractivity contribution in [2.24, 2.45) is 4.99 Å². The van der Waals surface area contributed by atoms with E-state index in [1.165, 1.54) is 5.56 Å². The van der Waals surface area contributed by atoms with Crippen molar-refractivity contribution in [2.75, 3.05) is 5.32 Å². The maximum Gasteiger partial charge on any atom is 0.249 e. The number of thiophene rings is 1. The Bertz CT molecular complexity index is 698. The third-order valence-corrected chi connectivity index (χ3v) is 4.49. The van der Waals surface area contributed by atoms with Crippen molar-refractivity contribution in [3.05, 3.63) is 51.9 Å². The van der Waals surface area contributed by atoms with Crippen LogP contribution in [0, 0.1) is 13.8 Å². The summed E-state index contributed by atoms with van der Waals surface area (Å²) in [5.74, 6) is -0.0461. The summed E-state index contributed by atoms with van der Waals surface area (Å²) < 4.78 is 0. The summed E-state index contributed by atoms with van der Waals surface area (Å²) in [5, 5.41) is 5.93. The maximum absolute atomic E-state index is 12.0. The van der Waals surface area contributed by atoms with Gasteiger partial charge in [0.15, 0.2) is 0 Å². The van der Waals surface area contributed by atoms with Crippen LogP contribution in [0.15, 0.2) is 34.6 Å². The molecule has 2 heterocycles. The Balaban J connectivity index is 2.20. The predicted octanol–water partition coefficient (Wildman–Crippen LogP) is 3.54. The summed E-state index contributed by atoms with van der Waals surface area (Å²) in [7, 11) is 0. The molecule has 0 saturated carbocycles. The second kappa shape index (κ2) is 4.87. The van der Waals surface area contributed by atoms with Crippen molar-refractivity contribution in [3.8, 4) is 0 Å². The highest BCUT2D eigenvalue weighted by molar-refractivity contribution is 7.15. The fourth-order valence-electron chi connectivity index (χ4n) is 2.29. The molecule has 1 atom stereocenters. The topological polar surface area (TPSA) is 41.5 Å². The van der Waals surface area contributed by atoms with Crippen molar-refractivity contribution in [3.63, 3.8) is 0 Å². The molecule has 1 aliphatic rings. The van der Waals surface area contributed by atoms with E-state index in [1.54, 1.807) is 11.3 Å². The van der Waals surface area contributed by atoms with Crippen LogP contribution in [0.4, 0.5) is 5.00 Å². The van der Waals surface area contributed by atoms with Gasteiger partial charge in [0.2, 0.25) is 5.91 Å². The number of aliphatic imine (C=N–C) groups is 1. The molecular formula is C16H16N2OS. The number of anilines is 1. The molecule has 0 bridgehead atoms. The van der Waals surface area contributed by atoms with E-state index in [-0.39, 0.29) is 11.9 Å². The lowest BCUT2D eigenvalue weighted by Crippen LogP contribution is -2.21. The Kier molecular flexibility index (Phi) is 3.18. The number of hydrogen-bond donors (Lipinski definition) is 1. The monoisotopic (exact) mass is 284 g/mol. The molecule has 4 heteroatoms. The van der Waals surface area contributed by atoms with Crippen LogP contribution in [0.3, 0.4) is 0 Å². The minimum absolute atomic E-state index is 0.0461. The highest BCUT2D eigenvalue weighted by Gasteiger charge is 2.25. The first kappa shape index (κ1) is 13.1. The molecule has 2 aromatic rings. The van der Waals surface area contributed by atoms with E-state index < -0.39 is 0 Å². The molecule has 3 nitrogen and oxygen atoms in total. The lowest BCUT2D eigenvalue weighted by Gasteiger charge is -2.08. The van der Waals surface area contributed by atoms with Crippen molar-refractivity contribution in [1.82, 2.24) is 0 Å². The van der Waals surface area contributed by atoms with Crippen LogP contribution in [0.25, 0.3) is 0 Å². The molecule has 1 amide bonds. The van der Waals surface area contributed by atoms with Crippen LogP contribution in [0.1, 0.15) is 29.2 Å². The average Bonchev–Trinajstić information content (AvgIpc) is 2.71. The Morgan fingerprint density at radius 3 is 2.60 bits per heavy atom. The number of nitrogens with one attached hydrogen (secondary N) is 1. The first-order chi connectivity index (χ1) is 9.56. The van der Waals surface area contributed by atoms with Gasteiger partial charge in [-0.15, -0.1) is 11.3 Å². The molecule has 0 spiro atoms. The quantitative estimate of drug-likeness (QED) is 0.855. The van der Waals surface area contributed by atoms with E-state index in [4.69, 9.17) is 0 Å². The van der Waals surface area contributed by atoms with Gasteiger partial charge in [-0.3, -0.25) is 9.79 Å². The normalized spacial score (nSPS) is 18.1. The van der Waals surface area contributed by atoms with Gasteiger partial charge in [-0.1, -0.05) is 29.8 Å². The number of rotatable bonds is 1. The van der Waals surface area contributed by atoms with E-state index in [1.807, 2.05) is 6.92 Å². The van der Waals surface area contributed by atoms with Crippen LogP contribution in [-0.2, 0) is 4.79 Å². The van der Waals surface area contributed by atoms with Crippen LogP contribution >= 0.6 is 11.3 Å². The molecule has 0 unspecified atom stereocenters. The smallest absolute Gasteiger partial charge is 0.249 e. The van der Waals surface area contributed by atoms with E-state index in [0.29, 0.717) is 0 Å². The summed E-state index contributed by atoms with van der Waals surface area (Å²) in [4.78, 5) is 16.6. The summed E-state index contributed by atoms with van der Waals surface area (Å²) >= 11 is 1.56. The van der Waals surface area contributed by atoms with Crippen molar-refractivity contribution >= 4 is 28.0 Å². The zero-order chi connectivity index (χ0) is 14.3. The van der Waals surface area contributed by atoms with E-state index in [2.05, 4.69) is 53.8 Å². The largest absolute Gasteiger partial charge is 0.315 e. The highest BCUT2D eigenvalue weighted by atomic mass is 32.1. The predicted molar refractivity (Wildman–Crippen MR) is 84.0 cm³/mol. The number of fused-ring (bicyclic) bond motifs is 1. The fourth-order valence-corrected chi connectivity index (χ4v) is 3.24. The second-order valence-electron chi connectivity index (χ2n) is 5.13. The van der Waals surface area contributed by atoms with E-state index >= 15 is 0 Å². The second-order valence-corrected chi connectivity index (χ2v) is 6.01. The molecule has 3 rings (SSSR count). The van der Waals surface area contributed by atoms with Crippen molar-refractivity contribution in [2.45, 2.75) is 26.8 Å². The zero-order valence-electron chi connectivity index (χ0n) is 11.7. The molecule has 1 aromatic carbocycles. The Morgan fingerprint density at radius 1 is 1.20 bits per heavy atom. The van der Waals surface area contributed by atoms with E-state index in [0.717, 1.165) is 27.4 Å². The van der Waals surface area contributed by atoms with Crippen molar-refractivity contribution < 1.29 is 4.79 Å². The van der Waals surface area contributed by atoms with Crippen LogP contribution in [0.2, 0.25) is 0 Å². The first-order valence-corrected chi connectivity index (χ1v) is 7.48. The molecule has 20 heavy (non-hydrogen) atoms. The summed E-state index contributed by atoms with van der Waals surface area (Å²) in [5.41, 5.74) is 5.38. The van der Waals surface area contributed by atoms with Gasteiger partial charge in [-0.05, 0) is 31.7 Å². The van der Waals surface area contributed by atoms with Gasteiger partial charge in [0.1, 0.15) is 11.0 Å². The third-order valence-electron chi connectivity index (χ3n) is 3.48. The van der Waals surface area contributed by atoms with Gasteiger partial charge in [-0.25, -0.2) is 0 Å². The molecule has 0 saturated heterocycles. The molecule has 1 aliphatic heterocycles. The summed E-state index contributed by atoms with van der Waals surface area (Å²) in [6.45, 7) is 5.95. The van der Waals surface area contributed by atoms with Gasteiger partial charge in [0.25, 0.3) is 0 Å². The minimum Gasteiger partial charge on any atom is -0.315 e. The minimum atomic E-state index is -0.370. The van der Waals surface area contributed by atoms with Gasteiger partial charge in [0.05, 0.1) is 5.71 Å². The average molecular weight is 284 g/mol. The third kappa shape index (κ3) is 2.16. The molecule has 1 N–H and O–H groups in total. The SMILES string of the molecule is Cc1ccc(C2=N[C@@H](C)C(=O)Nc3scc(C)c32)cc1. The molecule has 1 aromatic heterocycles. The van der Waals surface area contributed by atoms with Crippen molar-refractivity contribution in [1.29, 1.82) is 0 Å². The number of amides is 1. The number of carbonyl (C=O) groups excluding carboxylic acids is 1. The number of carbonyl (C=O) groups is 1. The first-order valence-electron chi connectivity index (χ1n) is 6.60. The standard InChI is InChI=1S/C16H16N2OS/c1-9-4-6-12(7-5-9)14-13-10(2)8-20-16(13)18-15(19)11(3)17-14/h4-8,11H,1-3H3,(H,18,19)/t11-/m0/s1. The lowest BCUT2D eigenvalue weighted by atomic mass is 10.00. The Labute approximate surface area is 122 Å². The number of benzene rings is 1. The van der Waals surface area contributed by atoms with Crippen LogP contribution < -0.4 is 5.32 Å². The zero-order valence-corrected chi connectivity index (χ0v) is 12.5. The summed E-state index contributed by atoms with van der Waals surface area (Å²) in [6.07, 6.45) is 0. The molecule has 102 valence electrons. The highest BCUT2D eigenvalue weighted by Crippen LogP contribution is 2.32. The van der Waals surface area contributed by atoms with Gasteiger partial charge in [0, 0.05) is 11.1 Å². The van der Waals surface area contributed by atoms with Crippen LogP contribution in [0.5, 0.6) is 0 Å². The Hall–Kier alpha value is -1.94. The molecule has 0 fully saturated rings. The number of hydrogen-bond acceptors (Lipinski definition) is 3. The molecule has 0 aliphatic carbocycles.